The third kappa shape index (κ3) is 3.74. The summed E-state index contributed by atoms with van der Waals surface area (Å²) in [5.74, 6) is -0.312. The Balaban J connectivity index is 1.70. The molecule has 0 atom stereocenters. The first-order valence-corrected chi connectivity index (χ1v) is 7.79. The van der Waals surface area contributed by atoms with Gasteiger partial charge in [-0.1, -0.05) is 24.3 Å². The number of rotatable bonds is 4. The summed E-state index contributed by atoms with van der Waals surface area (Å²) in [6, 6.07) is 14.4. The van der Waals surface area contributed by atoms with Crippen LogP contribution in [0.1, 0.15) is 27.2 Å². The lowest BCUT2D eigenvalue weighted by Crippen LogP contribution is -2.18. The number of hydrazone groups is 1. The number of amides is 1. The van der Waals surface area contributed by atoms with Crippen molar-refractivity contribution < 1.29 is 9.90 Å². The molecule has 1 amide bonds. The normalized spacial score (nSPS) is 11.0. The number of aryl methyl sites for hydroxylation is 2. The molecule has 0 unspecified atom stereocenters. The molecule has 1 heterocycles. The number of para-hydroxylation sites is 1. The van der Waals surface area contributed by atoms with E-state index < -0.39 is 5.91 Å². The molecule has 3 rings (SSSR count). The molecule has 25 heavy (non-hydrogen) atoms. The average Bonchev–Trinajstić information content (AvgIpc) is 3.09. The second-order valence-corrected chi connectivity index (χ2v) is 5.72. The number of hydrogen-bond acceptors (Lipinski definition) is 4. The molecule has 0 aliphatic heterocycles. The molecule has 0 saturated heterocycles. The number of aromatic nitrogens is 2. The number of benzene rings is 2. The van der Waals surface area contributed by atoms with Crippen LogP contribution in [0, 0.1) is 13.8 Å². The third-order valence-electron chi connectivity index (χ3n) is 3.93. The van der Waals surface area contributed by atoms with Gasteiger partial charge in [0.05, 0.1) is 11.9 Å². The van der Waals surface area contributed by atoms with Crippen LogP contribution in [0.4, 0.5) is 0 Å². The molecule has 126 valence electrons. The molecule has 0 fully saturated rings. The molecule has 0 aliphatic carbocycles. The van der Waals surface area contributed by atoms with E-state index in [0.29, 0.717) is 17.0 Å². The fraction of sp³-hybridized carbons (Fsp3) is 0.105. The number of phenols is 1. The van der Waals surface area contributed by atoms with Gasteiger partial charge >= 0.3 is 0 Å². The summed E-state index contributed by atoms with van der Waals surface area (Å²) in [6.45, 7) is 4.08. The smallest absolute Gasteiger partial charge is 0.289 e. The van der Waals surface area contributed by atoms with Crippen molar-refractivity contribution in [2.75, 3.05) is 0 Å². The molecule has 0 bridgehead atoms. The topological polar surface area (TPSA) is 90.4 Å². The number of H-pyrrole nitrogens is 1. The highest BCUT2D eigenvalue weighted by molar-refractivity contribution is 5.94. The van der Waals surface area contributed by atoms with Gasteiger partial charge in [0.25, 0.3) is 5.91 Å². The number of aromatic hydroxyl groups is 1. The Hall–Kier alpha value is -3.41. The lowest BCUT2D eigenvalue weighted by molar-refractivity contribution is 0.0950. The highest BCUT2D eigenvalue weighted by Gasteiger charge is 2.11. The first-order chi connectivity index (χ1) is 12.0. The molecule has 0 aliphatic rings. The van der Waals surface area contributed by atoms with E-state index in [9.17, 15) is 9.90 Å². The summed E-state index contributed by atoms with van der Waals surface area (Å²) in [5, 5.41) is 20.4. The van der Waals surface area contributed by atoms with E-state index in [-0.39, 0.29) is 5.75 Å². The maximum atomic E-state index is 12.1. The molecule has 6 nitrogen and oxygen atoms in total. The zero-order valence-electron chi connectivity index (χ0n) is 13.9. The Bertz CT molecular complexity index is 944. The van der Waals surface area contributed by atoms with E-state index >= 15 is 0 Å². The minimum atomic E-state index is -0.408. The molecule has 0 saturated carbocycles. The Morgan fingerprint density at radius 3 is 2.72 bits per heavy atom. The van der Waals surface area contributed by atoms with E-state index in [0.717, 1.165) is 5.56 Å². The van der Waals surface area contributed by atoms with Gasteiger partial charge in [-0.25, -0.2) is 5.43 Å². The van der Waals surface area contributed by atoms with Gasteiger partial charge in [-0.2, -0.15) is 10.2 Å². The molecular weight excluding hydrogens is 316 g/mol. The van der Waals surface area contributed by atoms with Crippen molar-refractivity contribution in [2.24, 2.45) is 5.10 Å². The highest BCUT2D eigenvalue weighted by Crippen LogP contribution is 2.21. The van der Waals surface area contributed by atoms with Crippen molar-refractivity contribution in [1.29, 1.82) is 0 Å². The summed E-state index contributed by atoms with van der Waals surface area (Å²) >= 11 is 0. The first-order valence-electron chi connectivity index (χ1n) is 7.79. The van der Waals surface area contributed by atoms with Crippen LogP contribution in [0.25, 0.3) is 11.3 Å². The van der Waals surface area contributed by atoms with Crippen molar-refractivity contribution in [3.8, 4) is 17.0 Å². The minimum absolute atomic E-state index is 0.0964. The predicted molar refractivity (Wildman–Crippen MR) is 96.7 cm³/mol. The SMILES string of the molecule is Cc1ccc(-c2cc(C(=O)NN=Cc3ccccc3O)[nH]n2)cc1C. The number of nitrogens with zero attached hydrogens (tertiary/aromatic N) is 2. The maximum Gasteiger partial charge on any atom is 0.289 e. The average molecular weight is 334 g/mol. The van der Waals surface area contributed by atoms with Gasteiger partial charge in [-0.3, -0.25) is 9.89 Å². The molecule has 3 aromatic rings. The number of phenolic OH excluding ortho intramolecular Hbond substituents is 1. The zero-order chi connectivity index (χ0) is 17.8. The largest absolute Gasteiger partial charge is 0.507 e. The minimum Gasteiger partial charge on any atom is -0.507 e. The Labute approximate surface area is 145 Å². The van der Waals surface area contributed by atoms with Crippen LogP contribution in [0.5, 0.6) is 5.75 Å². The van der Waals surface area contributed by atoms with Crippen LogP contribution in [-0.4, -0.2) is 27.4 Å². The molecular formula is C19H18N4O2. The van der Waals surface area contributed by atoms with Crippen molar-refractivity contribution in [3.05, 3.63) is 70.9 Å². The van der Waals surface area contributed by atoms with E-state index in [4.69, 9.17) is 0 Å². The quantitative estimate of drug-likeness (QED) is 0.505. The number of carbonyl (C=O) groups is 1. The Kier molecular flexibility index (Phi) is 4.61. The lowest BCUT2D eigenvalue weighted by atomic mass is 10.0. The van der Waals surface area contributed by atoms with Crippen LogP contribution in [-0.2, 0) is 0 Å². The van der Waals surface area contributed by atoms with Gasteiger partial charge in [0.1, 0.15) is 11.4 Å². The summed E-state index contributed by atoms with van der Waals surface area (Å²) in [4.78, 5) is 12.1. The fourth-order valence-electron chi connectivity index (χ4n) is 2.30. The number of carbonyl (C=O) groups excluding carboxylic acids is 1. The van der Waals surface area contributed by atoms with Crippen LogP contribution in [0.15, 0.2) is 53.6 Å². The van der Waals surface area contributed by atoms with Gasteiger partial charge in [0, 0.05) is 11.1 Å². The first kappa shape index (κ1) is 16.4. The van der Waals surface area contributed by atoms with E-state index in [1.54, 1.807) is 30.3 Å². The van der Waals surface area contributed by atoms with E-state index in [2.05, 4.69) is 20.7 Å². The van der Waals surface area contributed by atoms with Crippen molar-refractivity contribution in [1.82, 2.24) is 15.6 Å². The molecule has 6 heteroatoms. The molecule has 1 aromatic heterocycles. The maximum absolute atomic E-state index is 12.1. The van der Waals surface area contributed by atoms with Gasteiger partial charge < -0.3 is 5.11 Å². The zero-order valence-corrected chi connectivity index (χ0v) is 13.9. The molecule has 3 N–H and O–H groups in total. The summed E-state index contributed by atoms with van der Waals surface area (Å²) in [6.07, 6.45) is 1.38. The van der Waals surface area contributed by atoms with E-state index in [1.165, 1.54) is 17.3 Å². The Morgan fingerprint density at radius 1 is 1.16 bits per heavy atom. The van der Waals surface area contributed by atoms with Crippen LogP contribution in [0.3, 0.4) is 0 Å². The van der Waals surface area contributed by atoms with Crippen LogP contribution in [0.2, 0.25) is 0 Å². The summed E-state index contributed by atoms with van der Waals surface area (Å²) in [5.41, 5.74) is 7.24. The van der Waals surface area contributed by atoms with Gasteiger partial charge in [0.15, 0.2) is 0 Å². The fourth-order valence-corrected chi connectivity index (χ4v) is 2.30. The monoisotopic (exact) mass is 334 g/mol. The second kappa shape index (κ2) is 7.00. The van der Waals surface area contributed by atoms with E-state index in [1.807, 2.05) is 32.0 Å². The highest BCUT2D eigenvalue weighted by atomic mass is 16.3. The number of hydrogen-bond donors (Lipinski definition) is 3. The number of nitrogens with one attached hydrogen (secondary N) is 2. The Morgan fingerprint density at radius 2 is 1.96 bits per heavy atom. The van der Waals surface area contributed by atoms with Gasteiger partial charge in [0.2, 0.25) is 0 Å². The van der Waals surface area contributed by atoms with Crippen molar-refractivity contribution in [2.45, 2.75) is 13.8 Å². The van der Waals surface area contributed by atoms with Crippen LogP contribution < -0.4 is 5.43 Å². The van der Waals surface area contributed by atoms with Gasteiger partial charge in [-0.05, 0) is 49.2 Å². The summed E-state index contributed by atoms with van der Waals surface area (Å²) in [7, 11) is 0. The molecule has 2 aromatic carbocycles. The van der Waals surface area contributed by atoms with Crippen molar-refractivity contribution >= 4 is 12.1 Å². The van der Waals surface area contributed by atoms with Gasteiger partial charge in [-0.15, -0.1) is 0 Å². The second-order valence-electron chi connectivity index (χ2n) is 5.72. The van der Waals surface area contributed by atoms with Crippen molar-refractivity contribution in [3.63, 3.8) is 0 Å². The lowest BCUT2D eigenvalue weighted by Gasteiger charge is -2.01. The molecule has 0 radical (unpaired) electrons. The standard InChI is InChI=1S/C19H18N4O2/c1-12-7-8-14(9-13(12)2)16-10-17(22-21-16)19(25)23-20-11-15-5-3-4-6-18(15)24/h3-11,24H,1-2H3,(H,21,22)(H,23,25). The molecule has 0 spiro atoms. The summed E-state index contributed by atoms with van der Waals surface area (Å²) < 4.78 is 0. The predicted octanol–water partition coefficient (Wildman–Crippen LogP) is 3.16. The van der Waals surface area contributed by atoms with Crippen LogP contribution >= 0.6 is 0 Å². The number of aromatic amines is 1. The third-order valence-corrected chi connectivity index (χ3v) is 3.93.